The Bertz CT molecular complexity index is 903. The van der Waals surface area contributed by atoms with Crippen molar-refractivity contribution in [1.82, 2.24) is 5.01 Å². The van der Waals surface area contributed by atoms with Crippen LogP contribution in [-0.4, -0.2) is 22.8 Å². The molecule has 0 amide bonds. The van der Waals surface area contributed by atoms with Crippen molar-refractivity contribution in [2.45, 2.75) is 25.7 Å². The average Bonchev–Trinajstić information content (AvgIpc) is 3.05. The second-order valence-corrected chi connectivity index (χ2v) is 5.68. The second kappa shape index (κ2) is 6.75. The van der Waals surface area contributed by atoms with Crippen LogP contribution in [0.4, 0.5) is 0 Å². The zero-order valence-corrected chi connectivity index (χ0v) is 13.9. The fourth-order valence-electron chi connectivity index (χ4n) is 2.34. The van der Waals surface area contributed by atoms with E-state index in [9.17, 15) is 4.79 Å². The molecule has 0 spiro atoms. The fourth-order valence-corrected chi connectivity index (χ4v) is 2.34. The summed E-state index contributed by atoms with van der Waals surface area (Å²) in [6.45, 7) is 3.14. The maximum absolute atomic E-state index is 11.4. The van der Waals surface area contributed by atoms with Crippen molar-refractivity contribution in [3.8, 4) is 17.6 Å². The van der Waals surface area contributed by atoms with E-state index < -0.39 is 17.8 Å². The maximum Gasteiger partial charge on any atom is 0.309 e. The highest BCUT2D eigenvalue weighted by molar-refractivity contribution is 5.82. The van der Waals surface area contributed by atoms with Gasteiger partial charge in [0.25, 0.3) is 0 Å². The van der Waals surface area contributed by atoms with Crippen LogP contribution in [-0.2, 0) is 9.53 Å². The topological polar surface area (TPSA) is 77.9 Å². The quantitative estimate of drug-likeness (QED) is 0.401. The van der Waals surface area contributed by atoms with Crippen LogP contribution in [0.1, 0.15) is 13.8 Å². The van der Waals surface area contributed by atoms with E-state index in [-0.39, 0.29) is 0 Å². The minimum atomic E-state index is -1.09. The molecule has 0 aliphatic carbocycles. The molecule has 3 rings (SSSR count). The minimum Gasteiger partial charge on any atom is -0.460 e. The lowest BCUT2D eigenvalue weighted by atomic mass is 10.00. The van der Waals surface area contributed by atoms with E-state index in [0.29, 0.717) is 11.3 Å². The van der Waals surface area contributed by atoms with Crippen LogP contribution in [0.3, 0.4) is 0 Å². The molecule has 6 nitrogen and oxygen atoms in total. The lowest BCUT2D eigenvalue weighted by Crippen LogP contribution is -2.46. The van der Waals surface area contributed by atoms with Crippen molar-refractivity contribution < 1.29 is 18.7 Å². The van der Waals surface area contributed by atoms with Gasteiger partial charge in [0.1, 0.15) is 5.54 Å². The Balaban J connectivity index is 1.87. The van der Waals surface area contributed by atoms with Gasteiger partial charge in [-0.05, 0) is 37.1 Å². The number of para-hydroxylation sites is 1. The molecule has 1 aliphatic rings. The fraction of sp³-hybridized carbons (Fsp3) is 0.211. The third-order valence-electron chi connectivity index (χ3n) is 3.71. The van der Waals surface area contributed by atoms with Gasteiger partial charge in [-0.2, -0.15) is 0 Å². The van der Waals surface area contributed by atoms with Crippen LogP contribution in [0, 0.1) is 11.8 Å². The third-order valence-corrected chi connectivity index (χ3v) is 3.71. The number of furan rings is 1. The first-order valence-electron chi connectivity index (χ1n) is 7.71. The molecule has 6 heteroatoms. The molecule has 2 unspecified atom stereocenters. The van der Waals surface area contributed by atoms with Crippen molar-refractivity contribution in [2.24, 2.45) is 5.84 Å². The van der Waals surface area contributed by atoms with E-state index in [0.717, 1.165) is 5.39 Å². The SMILES string of the molecule is CC(=O)OC(C#CC1(C)C=CC=CN1N)Oc1cccc2ccoc12. The van der Waals surface area contributed by atoms with Crippen LogP contribution in [0.25, 0.3) is 11.0 Å². The molecule has 128 valence electrons. The molecule has 1 aromatic carbocycles. The normalized spacial score (nSPS) is 20.0. The summed E-state index contributed by atoms with van der Waals surface area (Å²) in [4.78, 5) is 11.4. The molecule has 2 aromatic rings. The maximum atomic E-state index is 11.4. The number of esters is 1. The zero-order chi connectivity index (χ0) is 17.9. The standard InChI is InChI=1S/C19H18N2O4/c1-14(22)24-17(8-11-19(2)10-3-4-12-21(19)20)25-16-7-5-6-15-9-13-23-18(15)16/h3-7,9-10,12-13,17H,20H2,1-2H3. The summed E-state index contributed by atoms with van der Waals surface area (Å²) in [6.07, 6.45) is 7.69. The van der Waals surface area contributed by atoms with Crippen LogP contribution >= 0.6 is 0 Å². The van der Waals surface area contributed by atoms with E-state index in [4.69, 9.17) is 19.7 Å². The zero-order valence-electron chi connectivity index (χ0n) is 13.9. The van der Waals surface area contributed by atoms with Crippen LogP contribution in [0.2, 0.25) is 0 Å². The molecule has 2 atom stereocenters. The lowest BCUT2D eigenvalue weighted by Gasteiger charge is -2.31. The third kappa shape index (κ3) is 3.67. The Morgan fingerprint density at radius 3 is 2.96 bits per heavy atom. The van der Waals surface area contributed by atoms with Crippen molar-refractivity contribution in [2.75, 3.05) is 0 Å². The first kappa shape index (κ1) is 16.7. The first-order valence-corrected chi connectivity index (χ1v) is 7.71. The number of hydrogen-bond acceptors (Lipinski definition) is 6. The monoisotopic (exact) mass is 338 g/mol. The van der Waals surface area contributed by atoms with Crippen LogP contribution in [0.15, 0.2) is 59.4 Å². The summed E-state index contributed by atoms with van der Waals surface area (Å²) in [6, 6.07) is 7.26. The molecule has 2 N–H and O–H groups in total. The summed E-state index contributed by atoms with van der Waals surface area (Å²) in [5.41, 5.74) is -0.165. The van der Waals surface area contributed by atoms with E-state index >= 15 is 0 Å². The summed E-state index contributed by atoms with van der Waals surface area (Å²) in [7, 11) is 0. The van der Waals surface area contributed by atoms with Gasteiger partial charge in [-0.25, -0.2) is 5.84 Å². The van der Waals surface area contributed by atoms with Gasteiger partial charge in [0.05, 0.1) is 6.26 Å². The van der Waals surface area contributed by atoms with E-state index in [1.54, 1.807) is 24.6 Å². The molecule has 1 aliphatic heterocycles. The average molecular weight is 338 g/mol. The van der Waals surface area contributed by atoms with Gasteiger partial charge in [-0.1, -0.05) is 24.1 Å². The minimum absolute atomic E-state index is 0.442. The molecule has 0 bridgehead atoms. The van der Waals surface area contributed by atoms with Gasteiger partial charge < -0.3 is 13.9 Å². The summed E-state index contributed by atoms with van der Waals surface area (Å²) in [5, 5.41) is 2.35. The lowest BCUT2D eigenvalue weighted by molar-refractivity contribution is -0.153. The number of allylic oxidation sites excluding steroid dienone is 2. The molecule has 0 saturated heterocycles. The van der Waals surface area contributed by atoms with Crippen molar-refractivity contribution in [3.63, 3.8) is 0 Å². The predicted octanol–water partition coefficient (Wildman–Crippen LogP) is 2.72. The number of carbonyl (C=O) groups is 1. The Morgan fingerprint density at radius 1 is 1.36 bits per heavy atom. The molecule has 0 saturated carbocycles. The molecule has 0 radical (unpaired) electrons. The van der Waals surface area contributed by atoms with Gasteiger partial charge in [0.15, 0.2) is 11.3 Å². The Kier molecular flexibility index (Phi) is 4.50. The van der Waals surface area contributed by atoms with Gasteiger partial charge in [-0.15, -0.1) is 0 Å². The predicted molar refractivity (Wildman–Crippen MR) is 92.9 cm³/mol. The van der Waals surface area contributed by atoms with E-state index in [2.05, 4.69) is 11.8 Å². The number of fused-ring (bicyclic) bond motifs is 1. The largest absolute Gasteiger partial charge is 0.460 e. The summed E-state index contributed by atoms with van der Waals surface area (Å²) in [5.74, 6) is 11.7. The Hall–Kier alpha value is -3.17. The van der Waals surface area contributed by atoms with Crippen LogP contribution < -0.4 is 10.6 Å². The smallest absolute Gasteiger partial charge is 0.309 e. The molecule has 25 heavy (non-hydrogen) atoms. The highest BCUT2D eigenvalue weighted by Crippen LogP contribution is 2.27. The highest BCUT2D eigenvalue weighted by Gasteiger charge is 2.25. The number of benzene rings is 1. The summed E-state index contributed by atoms with van der Waals surface area (Å²) < 4.78 is 16.4. The first-order chi connectivity index (χ1) is 12.0. The van der Waals surface area contributed by atoms with Gasteiger partial charge in [0.2, 0.25) is 0 Å². The number of hydrazine groups is 1. The summed E-state index contributed by atoms with van der Waals surface area (Å²) >= 11 is 0. The van der Waals surface area contributed by atoms with Gasteiger partial charge in [0, 0.05) is 18.5 Å². The molecule has 2 heterocycles. The Labute approximate surface area is 145 Å². The van der Waals surface area contributed by atoms with Crippen molar-refractivity contribution in [1.29, 1.82) is 0 Å². The number of hydrogen-bond donors (Lipinski definition) is 1. The van der Waals surface area contributed by atoms with Crippen LogP contribution in [0.5, 0.6) is 5.75 Å². The molecule has 0 fully saturated rings. The number of nitrogens with two attached hydrogens (primary N) is 1. The number of rotatable bonds is 3. The molecular formula is C19H18N2O4. The van der Waals surface area contributed by atoms with Gasteiger partial charge >= 0.3 is 12.3 Å². The van der Waals surface area contributed by atoms with E-state index in [1.807, 2.05) is 37.3 Å². The van der Waals surface area contributed by atoms with E-state index in [1.165, 1.54) is 11.9 Å². The van der Waals surface area contributed by atoms with Crippen molar-refractivity contribution in [3.05, 3.63) is 55.0 Å². The van der Waals surface area contributed by atoms with Gasteiger partial charge in [-0.3, -0.25) is 9.80 Å². The number of carbonyl (C=O) groups excluding carboxylic acids is 1. The molecular weight excluding hydrogens is 320 g/mol. The number of ether oxygens (including phenoxy) is 2. The number of nitrogens with zero attached hydrogens (tertiary/aromatic N) is 1. The van der Waals surface area contributed by atoms with Crippen molar-refractivity contribution >= 4 is 16.9 Å². The Morgan fingerprint density at radius 2 is 2.20 bits per heavy atom. The molecule has 1 aromatic heterocycles. The second-order valence-electron chi connectivity index (χ2n) is 5.68. The highest BCUT2D eigenvalue weighted by atomic mass is 16.7.